The lowest BCUT2D eigenvalue weighted by atomic mass is 9.78. The van der Waals surface area contributed by atoms with Crippen LogP contribution in [-0.4, -0.2) is 71.5 Å². The number of hydrogen-bond donors (Lipinski definition) is 8. The van der Waals surface area contributed by atoms with Crippen LogP contribution in [0, 0.1) is 0 Å². The number of aliphatic hydroxyl groups excluding tert-OH is 2. The summed E-state index contributed by atoms with van der Waals surface area (Å²) in [5.41, 5.74) is -1.90. The van der Waals surface area contributed by atoms with E-state index in [4.69, 9.17) is 5.11 Å². The van der Waals surface area contributed by atoms with Gasteiger partial charge in [0.05, 0.1) is 12.1 Å². The average Bonchev–Trinajstić information content (AvgIpc) is 2.55. The van der Waals surface area contributed by atoms with Crippen LogP contribution in [0.3, 0.4) is 0 Å². The minimum absolute atomic E-state index is 0.0712. The molecule has 0 spiro atoms. The van der Waals surface area contributed by atoms with Gasteiger partial charge in [-0.1, -0.05) is 0 Å². The first-order valence-corrected chi connectivity index (χ1v) is 7.88. The number of phenols is 3. The number of carbonyl (C=O) groups excluding carboxylic acids is 1. The summed E-state index contributed by atoms with van der Waals surface area (Å²) < 4.78 is 0. The molecule has 8 N–H and O–H groups in total. The van der Waals surface area contributed by atoms with Gasteiger partial charge in [0.1, 0.15) is 6.10 Å². The number of benzene rings is 1. The number of nitrogens with one attached hydrogen (secondary N) is 1. The first kappa shape index (κ1) is 19.8. The Balaban J connectivity index is 1.99. The Labute approximate surface area is 148 Å². The summed E-state index contributed by atoms with van der Waals surface area (Å²) in [6.07, 6.45) is -4.04. The van der Waals surface area contributed by atoms with Crippen LogP contribution in [0.4, 0.5) is 0 Å². The second-order valence-electron chi connectivity index (χ2n) is 6.46. The van der Waals surface area contributed by atoms with E-state index in [1.807, 2.05) is 0 Å². The van der Waals surface area contributed by atoms with E-state index in [1.54, 1.807) is 0 Å². The van der Waals surface area contributed by atoms with Crippen molar-refractivity contribution in [3.8, 4) is 17.2 Å². The maximum atomic E-state index is 12.0. The molecule has 1 aliphatic rings. The van der Waals surface area contributed by atoms with E-state index in [-0.39, 0.29) is 12.8 Å². The third-order valence-corrected chi connectivity index (χ3v) is 4.43. The van der Waals surface area contributed by atoms with Crippen molar-refractivity contribution in [1.29, 1.82) is 0 Å². The molecular weight excluding hydrogens is 350 g/mol. The van der Waals surface area contributed by atoms with Crippen LogP contribution in [0.25, 0.3) is 0 Å². The van der Waals surface area contributed by atoms with E-state index in [1.165, 1.54) is 12.1 Å². The zero-order valence-corrected chi connectivity index (χ0v) is 13.7. The van der Waals surface area contributed by atoms with Crippen molar-refractivity contribution in [3.05, 3.63) is 17.7 Å². The second-order valence-corrected chi connectivity index (χ2v) is 6.46. The molecule has 0 saturated heterocycles. The molecular formula is C16H21NO9. The minimum Gasteiger partial charge on any atom is -0.504 e. The van der Waals surface area contributed by atoms with E-state index in [9.17, 15) is 40.2 Å². The van der Waals surface area contributed by atoms with E-state index in [2.05, 4.69) is 5.32 Å². The number of aromatic hydroxyl groups is 3. The number of aryl methyl sites for hydroxylation is 1. The molecule has 1 amide bonds. The van der Waals surface area contributed by atoms with E-state index in [0.29, 0.717) is 5.56 Å². The molecule has 0 aliphatic heterocycles. The van der Waals surface area contributed by atoms with Gasteiger partial charge < -0.3 is 41.1 Å². The molecule has 26 heavy (non-hydrogen) atoms. The largest absolute Gasteiger partial charge is 0.504 e. The summed E-state index contributed by atoms with van der Waals surface area (Å²) in [4.78, 5) is 23.2. The number of rotatable bonds is 5. The highest BCUT2D eigenvalue weighted by Crippen LogP contribution is 2.35. The highest BCUT2D eigenvalue weighted by atomic mass is 16.4. The van der Waals surface area contributed by atoms with Gasteiger partial charge in [-0.3, -0.25) is 4.79 Å². The maximum Gasteiger partial charge on any atom is 0.335 e. The van der Waals surface area contributed by atoms with Crippen molar-refractivity contribution in [3.63, 3.8) is 0 Å². The molecule has 144 valence electrons. The summed E-state index contributed by atoms with van der Waals surface area (Å²) >= 11 is 0. The first-order chi connectivity index (χ1) is 12.0. The van der Waals surface area contributed by atoms with E-state index in [0.717, 1.165) is 0 Å². The molecule has 1 aromatic rings. The van der Waals surface area contributed by atoms with Crippen LogP contribution in [-0.2, 0) is 16.0 Å². The molecule has 10 nitrogen and oxygen atoms in total. The lowest BCUT2D eigenvalue weighted by Gasteiger charge is -2.40. The highest BCUT2D eigenvalue weighted by molar-refractivity contribution is 5.79. The molecule has 0 unspecified atom stereocenters. The van der Waals surface area contributed by atoms with Gasteiger partial charge in [-0.2, -0.15) is 0 Å². The van der Waals surface area contributed by atoms with Crippen LogP contribution in [0.2, 0.25) is 0 Å². The Morgan fingerprint density at radius 3 is 2.23 bits per heavy atom. The fraction of sp³-hybridized carbons (Fsp3) is 0.500. The second kappa shape index (κ2) is 7.36. The summed E-state index contributed by atoms with van der Waals surface area (Å²) in [5.74, 6) is -3.92. The fourth-order valence-electron chi connectivity index (χ4n) is 2.96. The van der Waals surface area contributed by atoms with E-state index >= 15 is 0 Å². The Hall–Kier alpha value is -2.56. The van der Waals surface area contributed by atoms with Gasteiger partial charge in [0.2, 0.25) is 5.91 Å². The van der Waals surface area contributed by atoms with Crippen LogP contribution in [0.15, 0.2) is 12.1 Å². The SMILES string of the molecule is O=C(CCc1cc(O)c(O)c(O)c1)N[C@H]1C[C@](O)(C(=O)O)C[C@@H](O)[C@H]1O. The Morgan fingerprint density at radius 1 is 1.12 bits per heavy atom. The number of aliphatic hydroxyl groups is 3. The summed E-state index contributed by atoms with van der Waals surface area (Å²) in [5, 5.41) is 69.2. The molecule has 2 rings (SSSR count). The normalized spacial score (nSPS) is 28.5. The average molecular weight is 371 g/mol. The minimum atomic E-state index is -2.26. The zero-order valence-electron chi connectivity index (χ0n) is 13.7. The summed E-state index contributed by atoms with van der Waals surface area (Å²) in [6, 6.07) is 1.18. The van der Waals surface area contributed by atoms with Crippen LogP contribution >= 0.6 is 0 Å². The predicted molar refractivity (Wildman–Crippen MR) is 85.5 cm³/mol. The standard InChI is InChI=1S/C16H21NO9/c18-9-3-7(4-10(19)14(9)23)1-2-12(21)17-8-5-16(26,15(24)25)6-11(20)13(8)22/h3-4,8,11,13,18-20,22-23,26H,1-2,5-6H2,(H,17,21)(H,24,25)/t8-,11+,13-,16+/m0/s1. The third kappa shape index (κ3) is 4.15. The predicted octanol–water partition coefficient (Wildman–Crippen LogP) is -1.45. The maximum absolute atomic E-state index is 12.0. The molecule has 1 aromatic carbocycles. The Bertz CT molecular complexity index is 684. The van der Waals surface area contributed by atoms with E-state index < -0.39 is 65.8 Å². The lowest BCUT2D eigenvalue weighted by molar-refractivity contribution is -0.175. The van der Waals surface area contributed by atoms with Gasteiger partial charge in [-0.15, -0.1) is 0 Å². The third-order valence-electron chi connectivity index (χ3n) is 4.43. The number of aliphatic carboxylic acids is 1. The first-order valence-electron chi connectivity index (χ1n) is 7.88. The van der Waals surface area contributed by atoms with Crippen molar-refractivity contribution in [1.82, 2.24) is 5.32 Å². The molecule has 1 saturated carbocycles. The van der Waals surface area contributed by atoms with Crippen molar-refractivity contribution in [2.75, 3.05) is 0 Å². The van der Waals surface area contributed by atoms with Gasteiger partial charge in [0, 0.05) is 19.3 Å². The number of hydrogen-bond acceptors (Lipinski definition) is 8. The number of amides is 1. The molecule has 0 bridgehead atoms. The molecule has 0 heterocycles. The molecule has 1 aliphatic carbocycles. The quantitative estimate of drug-likeness (QED) is 0.286. The number of carbonyl (C=O) groups is 2. The fourth-order valence-corrected chi connectivity index (χ4v) is 2.96. The van der Waals surface area contributed by atoms with Gasteiger partial charge in [-0.25, -0.2) is 4.79 Å². The number of phenolic OH excluding ortho intramolecular Hbond substituents is 3. The van der Waals surface area contributed by atoms with Gasteiger partial charge >= 0.3 is 5.97 Å². The van der Waals surface area contributed by atoms with Crippen LogP contribution < -0.4 is 5.32 Å². The van der Waals surface area contributed by atoms with Crippen LogP contribution in [0.5, 0.6) is 17.2 Å². The lowest BCUT2D eigenvalue weighted by Crippen LogP contribution is -2.61. The molecule has 0 aromatic heterocycles. The van der Waals surface area contributed by atoms with Gasteiger partial charge in [-0.05, 0) is 24.1 Å². The Kier molecular flexibility index (Phi) is 5.59. The monoisotopic (exact) mass is 371 g/mol. The molecule has 10 heteroatoms. The van der Waals surface area contributed by atoms with Crippen LogP contribution in [0.1, 0.15) is 24.8 Å². The van der Waals surface area contributed by atoms with Crippen molar-refractivity contribution >= 4 is 11.9 Å². The van der Waals surface area contributed by atoms with Gasteiger partial charge in [0.15, 0.2) is 22.8 Å². The van der Waals surface area contributed by atoms with Crippen molar-refractivity contribution in [2.24, 2.45) is 0 Å². The topological polar surface area (TPSA) is 188 Å². The van der Waals surface area contributed by atoms with Crippen molar-refractivity contribution < 1.29 is 45.3 Å². The Morgan fingerprint density at radius 2 is 1.69 bits per heavy atom. The number of carboxylic acids is 1. The van der Waals surface area contributed by atoms with Gasteiger partial charge in [0.25, 0.3) is 0 Å². The molecule has 4 atom stereocenters. The summed E-state index contributed by atoms with van der Waals surface area (Å²) in [7, 11) is 0. The summed E-state index contributed by atoms with van der Waals surface area (Å²) in [6.45, 7) is 0. The molecule has 0 radical (unpaired) electrons. The highest BCUT2D eigenvalue weighted by Gasteiger charge is 2.49. The zero-order chi connectivity index (χ0) is 19.6. The molecule has 1 fully saturated rings. The van der Waals surface area contributed by atoms with Crippen molar-refractivity contribution in [2.45, 2.75) is 49.5 Å². The smallest absolute Gasteiger partial charge is 0.335 e. The number of carboxylic acid groups (broad SMARTS) is 1.